The number of hydrogen-bond acceptors (Lipinski definition) is 3. The highest BCUT2D eigenvalue weighted by atomic mass is 16.5. The number of nitrogens with two attached hydrogens (primary N) is 1. The molecule has 1 rings (SSSR count). The largest absolute Gasteiger partial charge is 0.504 e. The van der Waals surface area contributed by atoms with Crippen LogP contribution in [-0.4, -0.2) is 18.8 Å². The van der Waals surface area contributed by atoms with Crippen molar-refractivity contribution in [3.63, 3.8) is 0 Å². The van der Waals surface area contributed by atoms with Gasteiger partial charge in [-0.3, -0.25) is 0 Å². The van der Waals surface area contributed by atoms with Crippen LogP contribution in [-0.2, 0) is 0 Å². The van der Waals surface area contributed by atoms with Crippen molar-refractivity contribution >= 4 is 0 Å². The van der Waals surface area contributed by atoms with E-state index in [1.807, 2.05) is 12.1 Å². The Morgan fingerprint density at radius 3 is 2.62 bits per heavy atom. The molecule has 0 aliphatic carbocycles. The van der Waals surface area contributed by atoms with Gasteiger partial charge in [0.2, 0.25) is 0 Å². The third-order valence-electron chi connectivity index (χ3n) is 3.22. The van der Waals surface area contributed by atoms with Crippen molar-refractivity contribution in [2.24, 2.45) is 11.7 Å². The minimum absolute atomic E-state index is 0.251. The van der Waals surface area contributed by atoms with Crippen molar-refractivity contribution in [3.05, 3.63) is 23.8 Å². The molecule has 0 heterocycles. The Balaban J connectivity index is 2.94. The first kappa shape index (κ1) is 12.8. The van der Waals surface area contributed by atoms with Gasteiger partial charge in [0.1, 0.15) is 0 Å². The summed E-state index contributed by atoms with van der Waals surface area (Å²) in [7, 11) is 1.56. The van der Waals surface area contributed by atoms with E-state index in [4.69, 9.17) is 10.5 Å². The summed E-state index contributed by atoms with van der Waals surface area (Å²) in [6, 6.07) is 5.61. The van der Waals surface area contributed by atoms with Crippen LogP contribution >= 0.6 is 0 Å². The Bertz CT molecular complexity index is 339. The normalized spacial score (nSPS) is 14.5. The predicted octanol–water partition coefficient (Wildman–Crippen LogP) is 2.49. The third kappa shape index (κ3) is 2.67. The summed E-state index contributed by atoms with van der Waals surface area (Å²) < 4.78 is 5.10. The fraction of sp³-hybridized carbons (Fsp3) is 0.538. The molecule has 1 aromatic carbocycles. The molecule has 0 bridgehead atoms. The standard InChI is InChI=1S/C13H21NO2/c1-9(7-8-14)10(2)11-5-4-6-12(16-3)13(11)15/h4-6,9-10,15H,7-8,14H2,1-3H3. The first-order valence-electron chi connectivity index (χ1n) is 5.67. The van der Waals surface area contributed by atoms with Gasteiger partial charge in [0.15, 0.2) is 11.5 Å². The molecular weight excluding hydrogens is 202 g/mol. The minimum atomic E-state index is 0.251. The summed E-state index contributed by atoms with van der Waals surface area (Å²) in [6.07, 6.45) is 0.956. The Labute approximate surface area is 97.2 Å². The SMILES string of the molecule is COc1cccc(C(C)C(C)CCN)c1O. The van der Waals surface area contributed by atoms with E-state index in [1.54, 1.807) is 13.2 Å². The topological polar surface area (TPSA) is 55.5 Å². The summed E-state index contributed by atoms with van der Waals surface area (Å²) in [5, 5.41) is 10.0. The zero-order valence-corrected chi connectivity index (χ0v) is 10.2. The maximum Gasteiger partial charge on any atom is 0.161 e. The van der Waals surface area contributed by atoms with E-state index < -0.39 is 0 Å². The molecule has 3 N–H and O–H groups in total. The lowest BCUT2D eigenvalue weighted by molar-refractivity contribution is 0.362. The molecule has 2 atom stereocenters. The minimum Gasteiger partial charge on any atom is -0.504 e. The van der Waals surface area contributed by atoms with Crippen LogP contribution in [0.3, 0.4) is 0 Å². The van der Waals surface area contributed by atoms with E-state index in [0.717, 1.165) is 12.0 Å². The van der Waals surface area contributed by atoms with Gasteiger partial charge in [-0.2, -0.15) is 0 Å². The highest BCUT2D eigenvalue weighted by Gasteiger charge is 2.18. The second-order valence-corrected chi connectivity index (χ2v) is 4.24. The molecular formula is C13H21NO2. The molecule has 3 nitrogen and oxygen atoms in total. The molecule has 0 aliphatic heterocycles. The van der Waals surface area contributed by atoms with E-state index in [9.17, 15) is 5.11 Å². The van der Waals surface area contributed by atoms with Gasteiger partial charge >= 0.3 is 0 Å². The number of phenolic OH excluding ortho intramolecular Hbond substituents is 1. The van der Waals surface area contributed by atoms with Gasteiger partial charge in [0.05, 0.1) is 7.11 Å². The first-order valence-corrected chi connectivity index (χ1v) is 5.67. The molecule has 2 unspecified atom stereocenters. The Morgan fingerprint density at radius 1 is 1.38 bits per heavy atom. The monoisotopic (exact) mass is 223 g/mol. The molecule has 0 radical (unpaired) electrons. The fourth-order valence-corrected chi connectivity index (χ4v) is 1.89. The second kappa shape index (κ2) is 5.75. The zero-order chi connectivity index (χ0) is 12.1. The van der Waals surface area contributed by atoms with Gasteiger partial charge in [-0.15, -0.1) is 0 Å². The van der Waals surface area contributed by atoms with Crippen molar-refractivity contribution in [1.29, 1.82) is 0 Å². The molecule has 0 spiro atoms. The van der Waals surface area contributed by atoms with Crippen molar-refractivity contribution in [1.82, 2.24) is 0 Å². The molecule has 3 heteroatoms. The van der Waals surface area contributed by atoms with E-state index in [0.29, 0.717) is 18.2 Å². The predicted molar refractivity (Wildman–Crippen MR) is 65.9 cm³/mol. The number of hydrogen-bond donors (Lipinski definition) is 2. The maximum atomic E-state index is 10.0. The number of aromatic hydroxyl groups is 1. The quantitative estimate of drug-likeness (QED) is 0.806. The van der Waals surface area contributed by atoms with Crippen molar-refractivity contribution < 1.29 is 9.84 Å². The van der Waals surface area contributed by atoms with Gasteiger partial charge in [-0.05, 0) is 30.9 Å². The van der Waals surface area contributed by atoms with Gasteiger partial charge in [-0.1, -0.05) is 26.0 Å². The number of para-hydroxylation sites is 1. The molecule has 0 aliphatic rings. The average molecular weight is 223 g/mol. The van der Waals surface area contributed by atoms with Crippen LogP contribution in [0.5, 0.6) is 11.5 Å². The van der Waals surface area contributed by atoms with Gasteiger partial charge in [0.25, 0.3) is 0 Å². The van der Waals surface area contributed by atoms with Crippen LogP contribution in [0.2, 0.25) is 0 Å². The smallest absolute Gasteiger partial charge is 0.161 e. The maximum absolute atomic E-state index is 10.0. The van der Waals surface area contributed by atoms with Gasteiger partial charge in [-0.25, -0.2) is 0 Å². The summed E-state index contributed by atoms with van der Waals surface area (Å²) in [4.78, 5) is 0. The summed E-state index contributed by atoms with van der Waals surface area (Å²) in [5.41, 5.74) is 6.48. The first-order chi connectivity index (χ1) is 7.61. The highest BCUT2D eigenvalue weighted by molar-refractivity contribution is 5.47. The van der Waals surface area contributed by atoms with Crippen LogP contribution in [0.1, 0.15) is 31.7 Å². The number of methoxy groups -OCH3 is 1. The van der Waals surface area contributed by atoms with Gasteiger partial charge < -0.3 is 15.6 Å². The van der Waals surface area contributed by atoms with Crippen LogP contribution in [0, 0.1) is 5.92 Å². The highest BCUT2D eigenvalue weighted by Crippen LogP contribution is 2.37. The Kier molecular flexibility index (Phi) is 4.62. The van der Waals surface area contributed by atoms with E-state index in [-0.39, 0.29) is 11.7 Å². The molecule has 0 saturated carbocycles. The zero-order valence-electron chi connectivity index (χ0n) is 10.2. The van der Waals surface area contributed by atoms with E-state index in [1.165, 1.54) is 0 Å². The number of rotatable bonds is 5. The molecule has 1 aromatic rings. The lowest BCUT2D eigenvalue weighted by Gasteiger charge is -2.21. The second-order valence-electron chi connectivity index (χ2n) is 4.24. The average Bonchev–Trinajstić information content (AvgIpc) is 2.29. The van der Waals surface area contributed by atoms with Crippen LogP contribution < -0.4 is 10.5 Å². The van der Waals surface area contributed by atoms with Crippen LogP contribution in [0.25, 0.3) is 0 Å². The van der Waals surface area contributed by atoms with Gasteiger partial charge in [0, 0.05) is 5.56 Å². The van der Waals surface area contributed by atoms with Crippen molar-refractivity contribution in [2.45, 2.75) is 26.2 Å². The van der Waals surface area contributed by atoms with Crippen LogP contribution in [0.4, 0.5) is 0 Å². The summed E-state index contributed by atoms with van der Waals surface area (Å²) in [5.74, 6) is 1.51. The van der Waals surface area contributed by atoms with E-state index >= 15 is 0 Å². The van der Waals surface area contributed by atoms with Crippen molar-refractivity contribution in [2.75, 3.05) is 13.7 Å². The van der Waals surface area contributed by atoms with E-state index in [2.05, 4.69) is 13.8 Å². The molecule has 0 aromatic heterocycles. The molecule has 0 fully saturated rings. The molecule has 0 saturated heterocycles. The lowest BCUT2D eigenvalue weighted by atomic mass is 9.86. The Morgan fingerprint density at radius 2 is 2.06 bits per heavy atom. The number of benzene rings is 1. The molecule has 90 valence electrons. The third-order valence-corrected chi connectivity index (χ3v) is 3.22. The molecule has 16 heavy (non-hydrogen) atoms. The number of phenols is 1. The summed E-state index contributed by atoms with van der Waals surface area (Å²) in [6.45, 7) is 4.93. The molecule has 0 amide bonds. The Hall–Kier alpha value is -1.22. The van der Waals surface area contributed by atoms with Crippen LogP contribution in [0.15, 0.2) is 18.2 Å². The fourth-order valence-electron chi connectivity index (χ4n) is 1.89. The van der Waals surface area contributed by atoms with Crippen molar-refractivity contribution in [3.8, 4) is 11.5 Å². The summed E-state index contributed by atoms with van der Waals surface area (Å²) >= 11 is 0. The number of ether oxygens (including phenoxy) is 1. The lowest BCUT2D eigenvalue weighted by Crippen LogP contribution is -2.12.